The first-order valence-corrected chi connectivity index (χ1v) is 6.40. The molecular formula is C9H10N4O2S2. The number of hydrogen-bond acceptors (Lipinski definition) is 6. The van der Waals surface area contributed by atoms with Crippen molar-refractivity contribution in [2.24, 2.45) is 0 Å². The van der Waals surface area contributed by atoms with Gasteiger partial charge in [-0.2, -0.15) is 0 Å². The highest BCUT2D eigenvalue weighted by Crippen LogP contribution is 2.11. The highest BCUT2D eigenvalue weighted by Gasteiger charge is 2.09. The van der Waals surface area contributed by atoms with Crippen LogP contribution in [0.25, 0.3) is 0 Å². The fourth-order valence-corrected chi connectivity index (χ4v) is 2.11. The standard InChI is InChI=1S/C9H10N4O2S2/c1-5-3-7(14)13(8(10-5)17-2)4-6-11-12-9(16)15-6/h3H,4H2,1-2H3,(H,12,16). The molecular weight excluding hydrogens is 260 g/mol. The van der Waals surface area contributed by atoms with Gasteiger partial charge in [-0.15, -0.1) is 5.10 Å². The largest absolute Gasteiger partial charge is 0.412 e. The Bertz CT molecular complexity index is 643. The van der Waals surface area contributed by atoms with Gasteiger partial charge >= 0.3 is 0 Å². The van der Waals surface area contributed by atoms with Crippen LogP contribution in [0, 0.1) is 11.8 Å². The molecule has 8 heteroatoms. The Morgan fingerprint density at radius 2 is 2.41 bits per heavy atom. The minimum atomic E-state index is -0.133. The zero-order valence-electron chi connectivity index (χ0n) is 9.26. The molecule has 0 radical (unpaired) electrons. The lowest BCUT2D eigenvalue weighted by Crippen LogP contribution is -2.23. The van der Waals surface area contributed by atoms with Gasteiger partial charge in [0.2, 0.25) is 5.89 Å². The quantitative estimate of drug-likeness (QED) is 0.515. The summed E-state index contributed by atoms with van der Waals surface area (Å²) in [6.45, 7) is 2.00. The van der Waals surface area contributed by atoms with Crippen molar-refractivity contribution in [3.8, 4) is 0 Å². The normalized spacial score (nSPS) is 10.7. The zero-order valence-corrected chi connectivity index (χ0v) is 10.9. The summed E-state index contributed by atoms with van der Waals surface area (Å²) < 4.78 is 6.62. The van der Waals surface area contributed by atoms with Crippen molar-refractivity contribution in [1.29, 1.82) is 0 Å². The highest BCUT2D eigenvalue weighted by atomic mass is 32.2. The van der Waals surface area contributed by atoms with E-state index in [9.17, 15) is 4.79 Å². The molecule has 0 amide bonds. The SMILES string of the molecule is CSc1nc(C)cc(=O)n1Cc1n[nH]c(=S)o1. The first-order valence-electron chi connectivity index (χ1n) is 4.77. The number of rotatable bonds is 3. The zero-order chi connectivity index (χ0) is 12.4. The number of aromatic amines is 1. The maximum absolute atomic E-state index is 11.8. The molecule has 2 aromatic heterocycles. The van der Waals surface area contributed by atoms with Gasteiger partial charge in [-0.05, 0) is 25.4 Å². The maximum Gasteiger partial charge on any atom is 0.284 e. The van der Waals surface area contributed by atoms with Crippen LogP contribution in [0.15, 0.2) is 20.4 Å². The Labute approximate surface area is 106 Å². The minimum Gasteiger partial charge on any atom is -0.412 e. The summed E-state index contributed by atoms with van der Waals surface area (Å²) in [6, 6.07) is 1.47. The lowest BCUT2D eigenvalue weighted by Gasteiger charge is -2.07. The second-order valence-electron chi connectivity index (χ2n) is 3.32. The van der Waals surface area contributed by atoms with E-state index in [0.717, 1.165) is 0 Å². The van der Waals surface area contributed by atoms with E-state index in [4.69, 9.17) is 16.6 Å². The Morgan fingerprint density at radius 3 is 3.00 bits per heavy atom. The molecule has 2 heterocycles. The van der Waals surface area contributed by atoms with E-state index >= 15 is 0 Å². The van der Waals surface area contributed by atoms with Crippen LogP contribution in [0.4, 0.5) is 0 Å². The Morgan fingerprint density at radius 1 is 1.65 bits per heavy atom. The first kappa shape index (κ1) is 12.1. The molecule has 0 fully saturated rings. The molecule has 90 valence electrons. The van der Waals surface area contributed by atoms with Gasteiger partial charge in [0.1, 0.15) is 6.54 Å². The molecule has 0 atom stereocenters. The molecule has 0 saturated heterocycles. The van der Waals surface area contributed by atoms with E-state index in [0.29, 0.717) is 16.7 Å². The van der Waals surface area contributed by atoms with Crippen LogP contribution < -0.4 is 5.56 Å². The molecule has 1 N–H and O–H groups in total. The van der Waals surface area contributed by atoms with E-state index in [1.54, 1.807) is 6.92 Å². The Kier molecular flexibility index (Phi) is 3.43. The van der Waals surface area contributed by atoms with Gasteiger partial charge in [0.05, 0.1) is 0 Å². The fraction of sp³-hybridized carbons (Fsp3) is 0.333. The van der Waals surface area contributed by atoms with Crippen LogP contribution in [0.3, 0.4) is 0 Å². The summed E-state index contributed by atoms with van der Waals surface area (Å²) in [7, 11) is 0. The number of aromatic nitrogens is 4. The molecule has 0 saturated carbocycles. The van der Waals surface area contributed by atoms with Crippen molar-refractivity contribution < 1.29 is 4.42 Å². The fourth-order valence-electron chi connectivity index (χ4n) is 1.36. The number of aryl methyl sites for hydroxylation is 1. The maximum atomic E-state index is 11.8. The van der Waals surface area contributed by atoms with Crippen molar-refractivity contribution in [2.75, 3.05) is 6.26 Å². The molecule has 0 aromatic carbocycles. The molecule has 0 unspecified atom stereocenters. The molecule has 0 spiro atoms. The second kappa shape index (κ2) is 4.84. The lowest BCUT2D eigenvalue weighted by molar-refractivity contribution is 0.449. The summed E-state index contributed by atoms with van der Waals surface area (Å²) in [4.78, 5) is 16.3. The van der Waals surface area contributed by atoms with Gasteiger partial charge < -0.3 is 4.42 Å². The van der Waals surface area contributed by atoms with E-state index in [-0.39, 0.29) is 16.9 Å². The van der Waals surface area contributed by atoms with Gasteiger partial charge in [0.15, 0.2) is 5.16 Å². The van der Waals surface area contributed by atoms with Crippen LogP contribution in [-0.4, -0.2) is 26.0 Å². The van der Waals surface area contributed by atoms with Crippen LogP contribution >= 0.6 is 24.0 Å². The number of nitrogens with zero attached hydrogens (tertiary/aromatic N) is 3. The van der Waals surface area contributed by atoms with Gasteiger partial charge in [0.25, 0.3) is 10.4 Å². The summed E-state index contributed by atoms with van der Waals surface area (Å²) in [5.41, 5.74) is 0.560. The summed E-state index contributed by atoms with van der Waals surface area (Å²) >= 11 is 6.17. The number of thioether (sulfide) groups is 1. The van der Waals surface area contributed by atoms with Crippen molar-refractivity contribution in [3.05, 3.63) is 32.8 Å². The van der Waals surface area contributed by atoms with Gasteiger partial charge in [-0.25, -0.2) is 10.1 Å². The number of nitrogens with one attached hydrogen (secondary N) is 1. The Hall–Kier alpha value is -1.41. The molecule has 0 aliphatic heterocycles. The lowest BCUT2D eigenvalue weighted by atomic mass is 10.4. The molecule has 0 aliphatic rings. The third kappa shape index (κ3) is 2.64. The van der Waals surface area contributed by atoms with Gasteiger partial charge in [0, 0.05) is 11.8 Å². The highest BCUT2D eigenvalue weighted by molar-refractivity contribution is 7.98. The second-order valence-corrected chi connectivity index (χ2v) is 4.46. The topological polar surface area (TPSA) is 76.7 Å². The molecule has 0 bridgehead atoms. The smallest absolute Gasteiger partial charge is 0.284 e. The van der Waals surface area contributed by atoms with E-state index in [2.05, 4.69) is 15.2 Å². The summed E-state index contributed by atoms with van der Waals surface area (Å²) in [5, 5.41) is 6.99. The van der Waals surface area contributed by atoms with Crippen LogP contribution in [0.2, 0.25) is 0 Å². The van der Waals surface area contributed by atoms with Crippen molar-refractivity contribution in [3.63, 3.8) is 0 Å². The number of hydrogen-bond donors (Lipinski definition) is 1. The minimum absolute atomic E-state index is 0.133. The van der Waals surface area contributed by atoms with E-state index in [1.165, 1.54) is 22.4 Å². The first-order chi connectivity index (χ1) is 8.10. The predicted octanol–water partition coefficient (Wildman–Crippen LogP) is 1.37. The Balaban J connectivity index is 2.45. The van der Waals surface area contributed by atoms with Gasteiger partial charge in [-0.3, -0.25) is 9.36 Å². The molecule has 6 nitrogen and oxygen atoms in total. The van der Waals surface area contributed by atoms with Crippen LogP contribution in [0.1, 0.15) is 11.6 Å². The van der Waals surface area contributed by atoms with E-state index < -0.39 is 0 Å². The molecule has 2 aromatic rings. The van der Waals surface area contributed by atoms with E-state index in [1.807, 2.05) is 6.26 Å². The average molecular weight is 270 g/mol. The van der Waals surface area contributed by atoms with Crippen molar-refractivity contribution >= 4 is 24.0 Å². The monoisotopic (exact) mass is 270 g/mol. The molecule has 2 rings (SSSR count). The third-order valence-electron chi connectivity index (χ3n) is 2.06. The van der Waals surface area contributed by atoms with Crippen LogP contribution in [0.5, 0.6) is 0 Å². The summed E-state index contributed by atoms with van der Waals surface area (Å²) in [5.74, 6) is 0.359. The molecule has 0 aliphatic carbocycles. The molecule has 17 heavy (non-hydrogen) atoms. The predicted molar refractivity (Wildman–Crippen MR) is 65.8 cm³/mol. The number of H-pyrrole nitrogens is 1. The van der Waals surface area contributed by atoms with Gasteiger partial charge in [-0.1, -0.05) is 11.8 Å². The van der Waals surface area contributed by atoms with Crippen molar-refractivity contribution in [1.82, 2.24) is 19.7 Å². The average Bonchev–Trinajstić information content (AvgIpc) is 2.67. The van der Waals surface area contributed by atoms with Crippen molar-refractivity contribution in [2.45, 2.75) is 18.6 Å². The third-order valence-corrected chi connectivity index (χ3v) is 2.91. The van der Waals surface area contributed by atoms with Crippen LogP contribution in [-0.2, 0) is 6.54 Å². The summed E-state index contributed by atoms with van der Waals surface area (Å²) in [6.07, 6.45) is 1.86.